The van der Waals surface area contributed by atoms with Gasteiger partial charge in [-0.15, -0.1) is 17.9 Å². The van der Waals surface area contributed by atoms with Gasteiger partial charge in [0.05, 0.1) is 5.39 Å². The predicted octanol–water partition coefficient (Wildman–Crippen LogP) is 6.35. The first-order valence-corrected chi connectivity index (χ1v) is 12.7. The molecule has 0 bridgehead atoms. The van der Waals surface area contributed by atoms with Gasteiger partial charge < -0.3 is 5.32 Å². The number of nitrogens with one attached hydrogen (secondary N) is 1. The number of rotatable bonds is 7. The molecule has 0 spiro atoms. The topological polar surface area (TPSA) is 64.0 Å². The van der Waals surface area contributed by atoms with Crippen molar-refractivity contribution in [1.29, 1.82) is 0 Å². The van der Waals surface area contributed by atoms with E-state index in [9.17, 15) is 9.59 Å². The third-order valence-electron chi connectivity index (χ3n) is 5.78. The van der Waals surface area contributed by atoms with Crippen LogP contribution in [0.4, 0.5) is 5.69 Å². The van der Waals surface area contributed by atoms with Crippen LogP contribution in [0, 0.1) is 27.7 Å². The summed E-state index contributed by atoms with van der Waals surface area (Å²) in [5.41, 5.74) is 4.54. The number of carbonyl (C=O) groups is 1. The zero-order valence-electron chi connectivity index (χ0n) is 19.7. The summed E-state index contributed by atoms with van der Waals surface area (Å²) in [6, 6.07) is 15.6. The number of benzene rings is 2. The smallest absolute Gasteiger partial charge is 0.263 e. The minimum Gasteiger partial charge on any atom is -0.325 e. The fourth-order valence-corrected chi connectivity index (χ4v) is 5.94. The molecule has 0 aliphatic carbocycles. The van der Waals surface area contributed by atoms with Crippen LogP contribution in [0.5, 0.6) is 0 Å². The largest absolute Gasteiger partial charge is 0.325 e. The molecule has 1 unspecified atom stereocenters. The Labute approximate surface area is 207 Å². The molecule has 0 saturated carbocycles. The number of aromatic nitrogens is 2. The summed E-state index contributed by atoms with van der Waals surface area (Å²) in [5, 5.41) is 3.65. The summed E-state index contributed by atoms with van der Waals surface area (Å²) in [5.74, 6) is -0.164. The van der Waals surface area contributed by atoms with Crippen LogP contribution in [0.25, 0.3) is 10.2 Å². The maximum atomic E-state index is 13.6. The minimum atomic E-state index is -0.594. The Kier molecular flexibility index (Phi) is 7.05. The molecule has 0 saturated heterocycles. The lowest BCUT2D eigenvalue weighted by atomic mass is 10.1. The molecule has 5 nitrogen and oxygen atoms in total. The normalized spacial score (nSPS) is 12.0. The number of amides is 1. The van der Waals surface area contributed by atoms with Crippen molar-refractivity contribution in [1.82, 2.24) is 9.55 Å². The molecule has 4 rings (SSSR count). The zero-order valence-corrected chi connectivity index (χ0v) is 21.3. The summed E-state index contributed by atoms with van der Waals surface area (Å²) < 4.78 is 1.61. The first-order valence-electron chi connectivity index (χ1n) is 11.0. The number of thiophene rings is 1. The number of nitrogens with zero attached hydrogens (tertiary/aromatic N) is 2. The number of carbonyl (C=O) groups excluding carboxylic acids is 1. The van der Waals surface area contributed by atoms with Gasteiger partial charge in [-0.2, -0.15) is 0 Å². The van der Waals surface area contributed by atoms with Crippen LogP contribution in [0.15, 0.2) is 71.1 Å². The molecule has 34 heavy (non-hydrogen) atoms. The second-order valence-corrected chi connectivity index (χ2v) is 10.6. The number of allylic oxidation sites excluding steroid dienone is 1. The molecule has 2 aromatic carbocycles. The second-order valence-electron chi connectivity index (χ2n) is 8.28. The monoisotopic (exact) mass is 489 g/mol. The van der Waals surface area contributed by atoms with Gasteiger partial charge in [0.15, 0.2) is 5.16 Å². The predicted molar refractivity (Wildman–Crippen MR) is 143 cm³/mol. The molecule has 4 aromatic rings. The standard InChI is InChI=1S/C27H27N3O2S2/c1-6-14-30-26(32)22-18(4)19(5)33-25(22)29-27(30)34-23(20-10-8-7-9-11-20)24(31)28-21-15-16(2)12-13-17(21)3/h6-13,15,23H,1,14H2,2-5H3,(H,28,31). The highest BCUT2D eigenvalue weighted by Crippen LogP contribution is 2.37. The molecule has 174 valence electrons. The van der Waals surface area contributed by atoms with Crippen LogP contribution >= 0.6 is 23.1 Å². The van der Waals surface area contributed by atoms with Gasteiger partial charge in [0, 0.05) is 17.1 Å². The number of fused-ring (bicyclic) bond motifs is 1. The summed E-state index contributed by atoms with van der Waals surface area (Å²) in [7, 11) is 0. The lowest BCUT2D eigenvalue weighted by Gasteiger charge is -2.19. The second kappa shape index (κ2) is 9.99. The molecular weight excluding hydrogens is 462 g/mol. The first-order chi connectivity index (χ1) is 16.3. The number of thioether (sulfide) groups is 1. The van der Waals surface area contributed by atoms with Crippen molar-refractivity contribution >= 4 is 44.9 Å². The van der Waals surface area contributed by atoms with E-state index in [2.05, 4.69) is 11.9 Å². The average Bonchev–Trinajstić information content (AvgIpc) is 3.10. The molecule has 2 aromatic heterocycles. The Morgan fingerprint density at radius 2 is 1.91 bits per heavy atom. The molecule has 2 heterocycles. The lowest BCUT2D eigenvalue weighted by molar-refractivity contribution is -0.115. The average molecular weight is 490 g/mol. The molecule has 0 aliphatic heterocycles. The number of hydrogen-bond donors (Lipinski definition) is 1. The maximum absolute atomic E-state index is 13.6. The van der Waals surface area contributed by atoms with E-state index in [0.717, 1.165) is 32.8 Å². The van der Waals surface area contributed by atoms with E-state index in [1.807, 2.05) is 76.2 Å². The Hall–Kier alpha value is -3.16. The Bertz CT molecular complexity index is 1440. The summed E-state index contributed by atoms with van der Waals surface area (Å²) in [6.45, 7) is 12.1. The van der Waals surface area contributed by atoms with Gasteiger partial charge in [-0.1, -0.05) is 60.3 Å². The third-order valence-corrected chi connectivity index (χ3v) is 8.13. The van der Waals surface area contributed by atoms with E-state index < -0.39 is 5.25 Å². The highest BCUT2D eigenvalue weighted by atomic mass is 32.2. The minimum absolute atomic E-state index is 0.101. The van der Waals surface area contributed by atoms with Crippen LogP contribution in [0.3, 0.4) is 0 Å². The zero-order chi connectivity index (χ0) is 24.4. The van der Waals surface area contributed by atoms with E-state index in [4.69, 9.17) is 4.98 Å². The molecule has 1 N–H and O–H groups in total. The maximum Gasteiger partial charge on any atom is 0.263 e. The van der Waals surface area contributed by atoms with Gasteiger partial charge >= 0.3 is 0 Å². The van der Waals surface area contributed by atoms with Crippen LogP contribution in [-0.2, 0) is 11.3 Å². The highest BCUT2D eigenvalue weighted by Gasteiger charge is 2.26. The van der Waals surface area contributed by atoms with Crippen LogP contribution < -0.4 is 10.9 Å². The quantitative estimate of drug-likeness (QED) is 0.187. The van der Waals surface area contributed by atoms with Crippen molar-refractivity contribution in [2.45, 2.75) is 44.6 Å². The molecule has 1 amide bonds. The van der Waals surface area contributed by atoms with E-state index in [0.29, 0.717) is 21.9 Å². The number of hydrogen-bond acceptors (Lipinski definition) is 5. The number of anilines is 1. The van der Waals surface area contributed by atoms with E-state index in [1.165, 1.54) is 23.1 Å². The van der Waals surface area contributed by atoms with Gasteiger partial charge in [0.25, 0.3) is 5.56 Å². The summed E-state index contributed by atoms with van der Waals surface area (Å²) >= 11 is 2.80. The lowest BCUT2D eigenvalue weighted by Crippen LogP contribution is -2.25. The molecule has 7 heteroatoms. The highest BCUT2D eigenvalue weighted by molar-refractivity contribution is 8.00. The van der Waals surface area contributed by atoms with Crippen LogP contribution in [0.1, 0.15) is 32.4 Å². The fourth-order valence-electron chi connectivity index (χ4n) is 3.76. The molecule has 0 fully saturated rings. The van der Waals surface area contributed by atoms with Crippen molar-refractivity contribution in [3.8, 4) is 0 Å². The van der Waals surface area contributed by atoms with Gasteiger partial charge in [-0.05, 0) is 56.0 Å². The molecule has 0 aliphatic rings. The van der Waals surface area contributed by atoms with Crippen molar-refractivity contribution in [2.24, 2.45) is 0 Å². The van der Waals surface area contributed by atoms with Crippen LogP contribution in [-0.4, -0.2) is 15.5 Å². The van der Waals surface area contributed by atoms with Crippen molar-refractivity contribution in [3.05, 3.63) is 98.7 Å². The Balaban J connectivity index is 1.80. The van der Waals surface area contributed by atoms with Gasteiger partial charge in [-0.3, -0.25) is 14.2 Å². The summed E-state index contributed by atoms with van der Waals surface area (Å²) in [6.07, 6.45) is 1.68. The van der Waals surface area contributed by atoms with Crippen LogP contribution in [0.2, 0.25) is 0 Å². The fraction of sp³-hybridized carbons (Fsp3) is 0.222. The van der Waals surface area contributed by atoms with E-state index in [1.54, 1.807) is 10.6 Å². The van der Waals surface area contributed by atoms with E-state index in [-0.39, 0.29) is 11.5 Å². The Morgan fingerprint density at radius 1 is 1.18 bits per heavy atom. The first kappa shape index (κ1) is 24.0. The van der Waals surface area contributed by atoms with Crippen molar-refractivity contribution < 1.29 is 4.79 Å². The van der Waals surface area contributed by atoms with E-state index >= 15 is 0 Å². The molecular formula is C27H27N3O2S2. The Morgan fingerprint density at radius 3 is 2.62 bits per heavy atom. The van der Waals surface area contributed by atoms with Gasteiger partial charge in [0.2, 0.25) is 5.91 Å². The summed E-state index contributed by atoms with van der Waals surface area (Å²) in [4.78, 5) is 33.6. The molecule has 1 atom stereocenters. The SMILES string of the molecule is C=CCn1c(SC(C(=O)Nc2cc(C)ccc2C)c2ccccc2)nc2sc(C)c(C)c2c1=O. The van der Waals surface area contributed by atoms with Crippen molar-refractivity contribution in [2.75, 3.05) is 5.32 Å². The molecule has 0 radical (unpaired) electrons. The van der Waals surface area contributed by atoms with Gasteiger partial charge in [-0.25, -0.2) is 4.98 Å². The number of aryl methyl sites for hydroxylation is 4. The third kappa shape index (κ3) is 4.72. The van der Waals surface area contributed by atoms with Gasteiger partial charge in [0.1, 0.15) is 10.1 Å². The van der Waals surface area contributed by atoms with Crippen molar-refractivity contribution in [3.63, 3.8) is 0 Å².